The first-order valence-corrected chi connectivity index (χ1v) is 10.1. The quantitative estimate of drug-likeness (QED) is 0.603. The lowest BCUT2D eigenvalue weighted by atomic mass is 9.91. The van der Waals surface area contributed by atoms with Gasteiger partial charge in [-0.05, 0) is 36.9 Å². The molecule has 1 fully saturated rings. The van der Waals surface area contributed by atoms with Crippen molar-refractivity contribution in [3.63, 3.8) is 0 Å². The third-order valence-electron chi connectivity index (χ3n) is 4.90. The van der Waals surface area contributed by atoms with Crippen LogP contribution in [0.1, 0.15) is 33.6 Å². The van der Waals surface area contributed by atoms with Crippen molar-refractivity contribution in [2.45, 2.75) is 64.0 Å². The van der Waals surface area contributed by atoms with E-state index in [0.717, 1.165) is 6.42 Å². The molecule has 3 nitrogen and oxygen atoms in total. The van der Waals surface area contributed by atoms with Gasteiger partial charge in [0.2, 0.25) is 0 Å². The van der Waals surface area contributed by atoms with Gasteiger partial charge in [0.15, 0.2) is 8.32 Å². The largest absolute Gasteiger partial charge is 0.414 e. The molecule has 0 amide bonds. The van der Waals surface area contributed by atoms with E-state index in [-0.39, 0.29) is 29.6 Å². The molecule has 4 atom stereocenters. The van der Waals surface area contributed by atoms with E-state index in [1.807, 2.05) is 6.08 Å². The maximum absolute atomic E-state index is 10.1. The number of hydrogen-bond acceptors (Lipinski definition) is 3. The third-order valence-corrected chi connectivity index (χ3v) is 9.40. The Balaban J connectivity index is 2.84. The number of rotatable bonds is 5. The summed E-state index contributed by atoms with van der Waals surface area (Å²) in [6, 6.07) is 0. The van der Waals surface area contributed by atoms with E-state index in [9.17, 15) is 10.2 Å². The average Bonchev–Trinajstić information content (AvgIpc) is 2.53. The molecule has 1 saturated carbocycles. The van der Waals surface area contributed by atoms with Crippen LogP contribution in [0.25, 0.3) is 0 Å². The molecule has 0 aromatic heterocycles. The number of aliphatic hydroxyl groups is 2. The fraction of sp³-hybridized carbons (Fsp3) is 0.867. The highest BCUT2D eigenvalue weighted by Crippen LogP contribution is 2.43. The number of hydrogen-bond donors (Lipinski definition) is 2. The summed E-state index contributed by atoms with van der Waals surface area (Å²) < 4.78 is 6.45. The van der Waals surface area contributed by atoms with Gasteiger partial charge < -0.3 is 14.6 Å². The predicted octanol–water partition coefficient (Wildman–Crippen LogP) is 2.94. The molecule has 1 aliphatic carbocycles. The van der Waals surface area contributed by atoms with Crippen molar-refractivity contribution in [2.24, 2.45) is 11.8 Å². The topological polar surface area (TPSA) is 49.7 Å². The minimum Gasteiger partial charge on any atom is -0.414 e. The summed E-state index contributed by atoms with van der Waals surface area (Å²) in [6.07, 6.45) is 2.89. The molecule has 0 saturated heterocycles. The molecule has 0 spiro atoms. The van der Waals surface area contributed by atoms with Crippen LogP contribution in [0.3, 0.4) is 0 Å². The van der Waals surface area contributed by atoms with Crippen molar-refractivity contribution < 1.29 is 14.6 Å². The highest BCUT2D eigenvalue weighted by Gasteiger charge is 2.47. The summed E-state index contributed by atoms with van der Waals surface area (Å²) in [6.45, 7) is 14.9. The Bertz CT molecular complexity index is 309. The van der Waals surface area contributed by atoms with Gasteiger partial charge in [-0.3, -0.25) is 0 Å². The Morgan fingerprint density at radius 2 is 1.89 bits per heavy atom. The van der Waals surface area contributed by atoms with E-state index in [1.54, 1.807) is 0 Å². The zero-order chi connectivity index (χ0) is 14.8. The van der Waals surface area contributed by atoms with Gasteiger partial charge in [-0.2, -0.15) is 0 Å². The van der Waals surface area contributed by atoms with Crippen molar-refractivity contribution in [2.75, 3.05) is 6.61 Å². The van der Waals surface area contributed by atoms with Crippen molar-refractivity contribution in [3.05, 3.63) is 12.7 Å². The zero-order valence-electron chi connectivity index (χ0n) is 13.0. The van der Waals surface area contributed by atoms with Gasteiger partial charge in [0.05, 0.1) is 12.2 Å². The van der Waals surface area contributed by atoms with E-state index in [2.05, 4.69) is 40.4 Å². The minimum atomic E-state index is -1.84. The third kappa shape index (κ3) is 3.69. The molecule has 0 bridgehead atoms. The van der Waals surface area contributed by atoms with Crippen molar-refractivity contribution in [1.82, 2.24) is 0 Å². The molecular weight excluding hydrogens is 256 g/mol. The van der Waals surface area contributed by atoms with Crippen LogP contribution in [-0.2, 0) is 4.43 Å². The zero-order valence-corrected chi connectivity index (χ0v) is 14.0. The molecule has 1 aliphatic rings. The van der Waals surface area contributed by atoms with Crippen LogP contribution in [0.4, 0.5) is 0 Å². The van der Waals surface area contributed by atoms with Crippen LogP contribution in [0.15, 0.2) is 12.7 Å². The highest BCUT2D eigenvalue weighted by atomic mass is 28.4. The molecule has 1 unspecified atom stereocenters. The van der Waals surface area contributed by atoms with Crippen LogP contribution in [0.2, 0.25) is 18.1 Å². The Kier molecular flexibility index (Phi) is 5.41. The van der Waals surface area contributed by atoms with Crippen molar-refractivity contribution >= 4 is 8.32 Å². The van der Waals surface area contributed by atoms with Gasteiger partial charge in [0.25, 0.3) is 0 Å². The van der Waals surface area contributed by atoms with E-state index in [1.165, 1.54) is 0 Å². The molecule has 0 radical (unpaired) electrons. The maximum atomic E-state index is 10.1. The average molecular weight is 286 g/mol. The fourth-order valence-corrected chi connectivity index (χ4v) is 4.00. The summed E-state index contributed by atoms with van der Waals surface area (Å²) in [5.74, 6) is 0.111. The first-order valence-electron chi connectivity index (χ1n) is 7.21. The first-order chi connectivity index (χ1) is 8.64. The second-order valence-corrected chi connectivity index (χ2v) is 12.0. The number of aliphatic hydroxyl groups excluding tert-OH is 2. The molecule has 1 rings (SSSR count). The molecule has 2 N–H and O–H groups in total. The lowest BCUT2D eigenvalue weighted by Gasteiger charge is -2.40. The predicted molar refractivity (Wildman–Crippen MR) is 81.6 cm³/mol. The smallest absolute Gasteiger partial charge is 0.192 e. The lowest BCUT2D eigenvalue weighted by Crippen LogP contribution is -2.45. The molecule has 112 valence electrons. The molecule has 0 aromatic rings. The highest BCUT2D eigenvalue weighted by molar-refractivity contribution is 6.74. The second kappa shape index (κ2) is 6.08. The van der Waals surface area contributed by atoms with Gasteiger partial charge in [-0.25, -0.2) is 0 Å². The minimum absolute atomic E-state index is 0.0248. The Morgan fingerprint density at radius 3 is 2.32 bits per heavy atom. The van der Waals surface area contributed by atoms with Gasteiger partial charge >= 0.3 is 0 Å². The van der Waals surface area contributed by atoms with Crippen LogP contribution in [0.5, 0.6) is 0 Å². The maximum Gasteiger partial charge on any atom is 0.192 e. The van der Waals surface area contributed by atoms with Crippen molar-refractivity contribution in [1.29, 1.82) is 0 Å². The molecular formula is C15H30O3Si. The monoisotopic (exact) mass is 286 g/mol. The van der Waals surface area contributed by atoms with E-state index in [0.29, 0.717) is 6.42 Å². The normalized spacial score (nSPS) is 32.6. The summed E-state index contributed by atoms with van der Waals surface area (Å²) in [5.41, 5.74) is 0. The van der Waals surface area contributed by atoms with Crippen molar-refractivity contribution in [3.8, 4) is 0 Å². The molecule has 0 aliphatic heterocycles. The van der Waals surface area contributed by atoms with E-state index in [4.69, 9.17) is 4.43 Å². The molecule has 4 heteroatoms. The fourth-order valence-electron chi connectivity index (χ4n) is 2.62. The van der Waals surface area contributed by atoms with Gasteiger partial charge in [0, 0.05) is 12.5 Å². The van der Waals surface area contributed by atoms with Crippen LogP contribution in [-0.4, -0.2) is 37.3 Å². The summed E-state index contributed by atoms with van der Waals surface area (Å²) in [7, 11) is -1.84. The van der Waals surface area contributed by atoms with Crippen LogP contribution >= 0.6 is 0 Å². The Labute approximate surface area is 118 Å². The van der Waals surface area contributed by atoms with E-state index >= 15 is 0 Å². The molecule has 0 heterocycles. The Morgan fingerprint density at radius 1 is 1.32 bits per heavy atom. The first kappa shape index (κ1) is 16.9. The summed E-state index contributed by atoms with van der Waals surface area (Å²) >= 11 is 0. The van der Waals surface area contributed by atoms with Crippen LogP contribution in [0, 0.1) is 11.8 Å². The van der Waals surface area contributed by atoms with E-state index < -0.39 is 14.4 Å². The SMILES string of the molecule is C=CC[C@@H]1C(CO)[C@H](O)C[C@@H]1O[Si](C)(C)C(C)(C)C. The van der Waals surface area contributed by atoms with Gasteiger partial charge in [-0.1, -0.05) is 26.8 Å². The lowest BCUT2D eigenvalue weighted by molar-refractivity contribution is 0.0688. The van der Waals surface area contributed by atoms with Crippen LogP contribution < -0.4 is 0 Å². The molecule has 19 heavy (non-hydrogen) atoms. The number of allylic oxidation sites excluding steroid dienone is 1. The summed E-state index contributed by atoms with van der Waals surface area (Å²) in [4.78, 5) is 0. The Hall–Kier alpha value is -0.163. The van der Waals surface area contributed by atoms with Gasteiger partial charge in [-0.15, -0.1) is 6.58 Å². The summed E-state index contributed by atoms with van der Waals surface area (Å²) in [5, 5.41) is 19.7. The molecule has 0 aromatic carbocycles. The standard InChI is InChI=1S/C15H30O3Si/c1-7-8-11-12(10-16)13(17)9-14(11)18-19(5,6)15(2,3)4/h7,11-14,16-17H,1,8-10H2,2-6H3/t11-,12?,13-,14+/m1/s1. The second-order valence-electron chi connectivity index (χ2n) is 7.25. The van der Waals surface area contributed by atoms with Gasteiger partial charge in [0.1, 0.15) is 0 Å².